The summed E-state index contributed by atoms with van der Waals surface area (Å²) in [4.78, 5) is 22.3. The molecule has 8 heteroatoms. The van der Waals surface area contributed by atoms with E-state index in [1.54, 1.807) is 0 Å². The van der Waals surface area contributed by atoms with Crippen molar-refractivity contribution < 1.29 is 19.2 Å². The normalized spacial score (nSPS) is 10.0. The van der Waals surface area contributed by atoms with Gasteiger partial charge in [0.15, 0.2) is 11.5 Å². The molecule has 0 fully saturated rings. The second-order valence-electron chi connectivity index (χ2n) is 4.45. The second kappa shape index (κ2) is 6.97. The summed E-state index contributed by atoms with van der Waals surface area (Å²) in [5.41, 5.74) is 0.514. The van der Waals surface area contributed by atoms with Gasteiger partial charge in [0.2, 0.25) is 0 Å². The van der Waals surface area contributed by atoms with Gasteiger partial charge in [-0.05, 0) is 12.1 Å². The number of anilines is 1. The van der Waals surface area contributed by atoms with Crippen LogP contribution in [0.4, 0.5) is 11.4 Å². The zero-order chi connectivity index (χ0) is 17.0. The summed E-state index contributed by atoms with van der Waals surface area (Å²) in [7, 11) is 2.94. The highest BCUT2D eigenvalue weighted by molar-refractivity contribution is 6.34. The fourth-order valence-electron chi connectivity index (χ4n) is 1.88. The first kappa shape index (κ1) is 16.6. The molecule has 2 rings (SSSR count). The van der Waals surface area contributed by atoms with E-state index in [0.717, 1.165) is 0 Å². The van der Waals surface area contributed by atoms with Crippen LogP contribution >= 0.6 is 11.6 Å². The third kappa shape index (κ3) is 3.70. The van der Waals surface area contributed by atoms with E-state index in [2.05, 4.69) is 5.32 Å². The lowest BCUT2D eigenvalue weighted by molar-refractivity contribution is -0.384. The van der Waals surface area contributed by atoms with Gasteiger partial charge in [-0.25, -0.2) is 0 Å². The Morgan fingerprint density at radius 1 is 1.13 bits per heavy atom. The summed E-state index contributed by atoms with van der Waals surface area (Å²) in [6, 6.07) is 8.29. The van der Waals surface area contributed by atoms with E-state index in [0.29, 0.717) is 17.2 Å². The maximum atomic E-state index is 12.2. The van der Waals surface area contributed by atoms with Crippen molar-refractivity contribution in [2.45, 2.75) is 0 Å². The maximum absolute atomic E-state index is 12.2. The lowest BCUT2D eigenvalue weighted by Crippen LogP contribution is -2.12. The fourth-order valence-corrected chi connectivity index (χ4v) is 2.08. The van der Waals surface area contributed by atoms with Crippen LogP contribution in [0.1, 0.15) is 10.4 Å². The largest absolute Gasteiger partial charge is 0.493 e. The monoisotopic (exact) mass is 336 g/mol. The minimum atomic E-state index is -0.535. The quantitative estimate of drug-likeness (QED) is 0.666. The summed E-state index contributed by atoms with van der Waals surface area (Å²) in [5.74, 6) is 0.399. The van der Waals surface area contributed by atoms with E-state index in [9.17, 15) is 14.9 Å². The summed E-state index contributed by atoms with van der Waals surface area (Å²) in [6.45, 7) is 0. The number of hydrogen-bond acceptors (Lipinski definition) is 5. The van der Waals surface area contributed by atoms with Crippen molar-refractivity contribution >= 4 is 28.9 Å². The topological polar surface area (TPSA) is 90.7 Å². The number of rotatable bonds is 5. The van der Waals surface area contributed by atoms with Crippen molar-refractivity contribution in [3.05, 3.63) is 57.1 Å². The average Bonchev–Trinajstić information content (AvgIpc) is 2.56. The number of halogens is 1. The van der Waals surface area contributed by atoms with Crippen LogP contribution in [0.5, 0.6) is 11.5 Å². The highest BCUT2D eigenvalue weighted by atomic mass is 35.5. The average molecular weight is 337 g/mol. The fraction of sp³-hybridized carbons (Fsp3) is 0.133. The predicted molar refractivity (Wildman–Crippen MR) is 85.6 cm³/mol. The van der Waals surface area contributed by atoms with Crippen LogP contribution in [0, 0.1) is 10.1 Å². The van der Waals surface area contributed by atoms with Gasteiger partial charge in [0.25, 0.3) is 11.6 Å². The van der Waals surface area contributed by atoms with E-state index in [1.165, 1.54) is 50.6 Å². The Kier molecular flexibility index (Phi) is 5.02. The van der Waals surface area contributed by atoms with Crippen LogP contribution < -0.4 is 14.8 Å². The number of nitrogens with zero attached hydrogens (tertiary/aromatic N) is 1. The number of benzene rings is 2. The summed E-state index contributed by atoms with van der Waals surface area (Å²) >= 11 is 6.10. The molecule has 0 aliphatic heterocycles. The predicted octanol–water partition coefficient (Wildman–Crippen LogP) is 3.52. The number of ether oxygens (including phenoxy) is 2. The van der Waals surface area contributed by atoms with Crippen molar-refractivity contribution in [1.29, 1.82) is 0 Å². The number of non-ortho nitro benzene ring substituents is 1. The number of nitro groups is 1. The molecule has 120 valence electrons. The number of amides is 1. The Bertz CT molecular complexity index is 746. The van der Waals surface area contributed by atoms with Crippen molar-refractivity contribution in [1.82, 2.24) is 0 Å². The van der Waals surface area contributed by atoms with Crippen molar-refractivity contribution in [3.8, 4) is 11.5 Å². The van der Waals surface area contributed by atoms with Gasteiger partial charge in [0.05, 0.1) is 29.9 Å². The molecule has 0 aliphatic rings. The highest BCUT2D eigenvalue weighted by Crippen LogP contribution is 2.36. The molecule has 0 saturated carbocycles. The Morgan fingerprint density at radius 3 is 2.22 bits per heavy atom. The molecule has 23 heavy (non-hydrogen) atoms. The first-order valence-corrected chi connectivity index (χ1v) is 6.81. The van der Waals surface area contributed by atoms with Crippen molar-refractivity contribution in [2.24, 2.45) is 0 Å². The smallest absolute Gasteiger partial charge is 0.269 e. The second-order valence-corrected chi connectivity index (χ2v) is 4.85. The van der Waals surface area contributed by atoms with E-state index >= 15 is 0 Å². The van der Waals surface area contributed by atoms with Crippen molar-refractivity contribution in [2.75, 3.05) is 19.5 Å². The molecule has 0 aromatic heterocycles. The van der Waals surface area contributed by atoms with Gasteiger partial charge in [-0.2, -0.15) is 0 Å². The van der Waals surface area contributed by atoms with Gasteiger partial charge in [0.1, 0.15) is 0 Å². The number of carbonyl (C=O) groups is 1. The van der Waals surface area contributed by atoms with Gasteiger partial charge >= 0.3 is 0 Å². The van der Waals surface area contributed by atoms with Gasteiger partial charge in [-0.3, -0.25) is 14.9 Å². The number of hydrogen-bond donors (Lipinski definition) is 1. The summed E-state index contributed by atoms with van der Waals surface area (Å²) in [6.07, 6.45) is 0. The van der Waals surface area contributed by atoms with Crippen LogP contribution in [0.2, 0.25) is 5.02 Å². The molecule has 0 radical (unpaired) electrons. The molecule has 1 N–H and O–H groups in total. The Morgan fingerprint density at radius 2 is 1.70 bits per heavy atom. The molecule has 2 aromatic carbocycles. The molecule has 1 amide bonds. The minimum Gasteiger partial charge on any atom is -0.493 e. The van der Waals surface area contributed by atoms with Crippen LogP contribution in [0.25, 0.3) is 0 Å². The molecule has 0 spiro atoms. The zero-order valence-electron chi connectivity index (χ0n) is 12.3. The lowest BCUT2D eigenvalue weighted by Gasteiger charge is -2.12. The third-order valence-corrected chi connectivity index (χ3v) is 3.37. The minimum absolute atomic E-state index is 0.0919. The number of nitrogens with one attached hydrogen (secondary N) is 1. The maximum Gasteiger partial charge on any atom is 0.269 e. The molecule has 0 saturated heterocycles. The highest BCUT2D eigenvalue weighted by Gasteiger charge is 2.14. The summed E-state index contributed by atoms with van der Waals surface area (Å²) in [5, 5.41) is 13.5. The molecule has 0 bridgehead atoms. The molecule has 0 unspecified atom stereocenters. The van der Waals surface area contributed by atoms with Crippen molar-refractivity contribution in [3.63, 3.8) is 0 Å². The van der Waals surface area contributed by atoms with E-state index in [1.807, 2.05) is 0 Å². The molecule has 0 atom stereocenters. The number of carbonyl (C=O) groups excluding carboxylic acids is 1. The van der Waals surface area contributed by atoms with Gasteiger partial charge < -0.3 is 14.8 Å². The van der Waals surface area contributed by atoms with Gasteiger partial charge in [0, 0.05) is 29.8 Å². The molecular formula is C15H13ClN2O5. The Hall–Kier alpha value is -2.80. The number of methoxy groups -OCH3 is 2. The Balaban J connectivity index is 2.24. The standard InChI is InChI=1S/C15H13ClN2O5/c1-22-13-7-11(16)12(8-14(13)23-2)17-15(19)9-3-5-10(6-4-9)18(20)21/h3-8H,1-2H3,(H,17,19). The zero-order valence-corrected chi connectivity index (χ0v) is 13.1. The SMILES string of the molecule is COc1cc(Cl)c(NC(=O)c2ccc([N+](=O)[O-])cc2)cc1OC. The molecule has 0 aliphatic carbocycles. The van der Waals surface area contributed by atoms with Crippen LogP contribution in [-0.4, -0.2) is 25.1 Å². The molecule has 0 heterocycles. The van der Waals surface area contributed by atoms with Crippen LogP contribution in [0.15, 0.2) is 36.4 Å². The van der Waals surface area contributed by atoms with E-state index in [4.69, 9.17) is 21.1 Å². The lowest BCUT2D eigenvalue weighted by atomic mass is 10.2. The summed E-state index contributed by atoms with van der Waals surface area (Å²) < 4.78 is 10.3. The van der Waals surface area contributed by atoms with Gasteiger partial charge in [-0.15, -0.1) is 0 Å². The molecule has 2 aromatic rings. The first-order valence-electron chi connectivity index (χ1n) is 6.43. The van der Waals surface area contributed by atoms with E-state index in [-0.39, 0.29) is 16.3 Å². The van der Waals surface area contributed by atoms with E-state index < -0.39 is 10.8 Å². The number of nitro benzene ring substituents is 1. The Labute approximate surface area is 136 Å². The molecular weight excluding hydrogens is 324 g/mol. The molecule has 7 nitrogen and oxygen atoms in total. The first-order chi connectivity index (χ1) is 11.0. The third-order valence-electron chi connectivity index (χ3n) is 3.06. The van der Waals surface area contributed by atoms with Crippen LogP contribution in [-0.2, 0) is 0 Å². The van der Waals surface area contributed by atoms with Crippen LogP contribution in [0.3, 0.4) is 0 Å². The van der Waals surface area contributed by atoms with Gasteiger partial charge in [-0.1, -0.05) is 11.6 Å².